The van der Waals surface area contributed by atoms with Gasteiger partial charge in [0, 0.05) is 18.6 Å². The third kappa shape index (κ3) is 5.35. The molecule has 0 aliphatic heterocycles. The fourth-order valence-corrected chi connectivity index (χ4v) is 3.24. The zero-order valence-electron chi connectivity index (χ0n) is 19.6. The molecule has 0 radical (unpaired) electrons. The summed E-state index contributed by atoms with van der Waals surface area (Å²) >= 11 is 0. The zero-order chi connectivity index (χ0) is 24.5. The lowest BCUT2D eigenvalue weighted by atomic mass is 10.1. The number of carbonyl (C=O) groups is 1. The fourth-order valence-electron chi connectivity index (χ4n) is 3.24. The Morgan fingerprint density at radius 1 is 1.12 bits per heavy atom. The predicted octanol–water partition coefficient (Wildman–Crippen LogP) is 4.32. The highest BCUT2D eigenvalue weighted by molar-refractivity contribution is 5.97. The fraction of sp³-hybridized carbons (Fsp3) is 0.280. The number of para-hydroxylation sites is 2. The van der Waals surface area contributed by atoms with Crippen LogP contribution in [0.1, 0.15) is 29.8 Å². The summed E-state index contributed by atoms with van der Waals surface area (Å²) in [7, 11) is 3.07. The second-order valence-electron chi connectivity index (χ2n) is 7.05. The number of aliphatic imine (C=N–C) groups is 1. The van der Waals surface area contributed by atoms with Crippen LogP contribution in [-0.4, -0.2) is 56.3 Å². The van der Waals surface area contributed by atoms with E-state index in [2.05, 4.69) is 16.0 Å². The minimum atomic E-state index is -0.514. The number of rotatable bonds is 10. The van der Waals surface area contributed by atoms with Crippen molar-refractivity contribution in [3.8, 4) is 23.3 Å². The normalized spacial score (nSPS) is 10.7. The number of fused-ring (bicyclic) bond motifs is 1. The zero-order valence-corrected chi connectivity index (χ0v) is 19.6. The molecule has 0 fully saturated rings. The van der Waals surface area contributed by atoms with Crippen molar-refractivity contribution in [1.82, 2.24) is 9.88 Å². The SMILES string of the molecule is CCOc1cccc(C(=O)OC)c1N=CN(C)COc1c(C#N)cnc2c(OCC)cccc12. The van der Waals surface area contributed by atoms with E-state index in [1.165, 1.54) is 19.6 Å². The van der Waals surface area contributed by atoms with E-state index in [0.717, 1.165) is 0 Å². The van der Waals surface area contributed by atoms with Gasteiger partial charge in [0.15, 0.2) is 12.5 Å². The highest BCUT2D eigenvalue weighted by Gasteiger charge is 2.17. The average Bonchev–Trinajstić information content (AvgIpc) is 2.86. The molecule has 9 heteroatoms. The molecule has 0 amide bonds. The van der Waals surface area contributed by atoms with Crippen LogP contribution in [0.5, 0.6) is 17.2 Å². The van der Waals surface area contributed by atoms with Gasteiger partial charge >= 0.3 is 5.97 Å². The molecular weight excluding hydrogens is 436 g/mol. The summed E-state index contributed by atoms with van der Waals surface area (Å²) in [6.07, 6.45) is 2.99. The molecule has 0 unspecified atom stereocenters. The third-order valence-electron chi connectivity index (χ3n) is 4.73. The molecule has 0 atom stereocenters. The summed E-state index contributed by atoms with van der Waals surface area (Å²) in [5, 5.41) is 10.2. The first-order chi connectivity index (χ1) is 16.5. The van der Waals surface area contributed by atoms with Gasteiger partial charge in [0.1, 0.15) is 34.3 Å². The lowest BCUT2D eigenvalue weighted by Gasteiger charge is -2.17. The van der Waals surface area contributed by atoms with Gasteiger partial charge < -0.3 is 23.8 Å². The number of hydrogen-bond donors (Lipinski definition) is 0. The van der Waals surface area contributed by atoms with Gasteiger partial charge in [-0.3, -0.25) is 4.98 Å². The van der Waals surface area contributed by atoms with Gasteiger partial charge in [0.2, 0.25) is 0 Å². The standard InChI is InChI=1S/C25H26N4O5/c1-5-32-20-11-7-9-18-22(20)27-14-17(13-26)24(18)34-16-29(3)15-28-23-19(25(30)31-4)10-8-12-21(23)33-6-2/h7-12,14-15H,5-6,16H2,1-4H3. The van der Waals surface area contributed by atoms with Crippen LogP contribution in [0.3, 0.4) is 0 Å². The molecular formula is C25H26N4O5. The van der Waals surface area contributed by atoms with Gasteiger partial charge in [-0.05, 0) is 38.1 Å². The largest absolute Gasteiger partial charge is 0.492 e. The van der Waals surface area contributed by atoms with Crippen LogP contribution in [0.4, 0.5) is 5.69 Å². The number of carbonyl (C=O) groups excluding carboxylic acids is 1. The second kappa shape index (κ2) is 11.5. The predicted molar refractivity (Wildman–Crippen MR) is 128 cm³/mol. The summed E-state index contributed by atoms with van der Waals surface area (Å²) in [5.74, 6) is 0.970. The minimum Gasteiger partial charge on any atom is -0.492 e. The number of hydrogen-bond acceptors (Lipinski definition) is 8. The van der Waals surface area contributed by atoms with Crippen LogP contribution in [0.2, 0.25) is 0 Å². The van der Waals surface area contributed by atoms with Gasteiger partial charge in [-0.15, -0.1) is 0 Å². The highest BCUT2D eigenvalue weighted by atomic mass is 16.5. The molecule has 9 nitrogen and oxygen atoms in total. The van der Waals surface area contributed by atoms with Crippen molar-refractivity contribution in [3.63, 3.8) is 0 Å². The summed E-state index contributed by atoms with van der Waals surface area (Å²) in [4.78, 5) is 22.7. The van der Waals surface area contributed by atoms with E-state index in [4.69, 9.17) is 18.9 Å². The van der Waals surface area contributed by atoms with Crippen LogP contribution < -0.4 is 14.2 Å². The molecule has 34 heavy (non-hydrogen) atoms. The number of methoxy groups -OCH3 is 1. The van der Waals surface area contributed by atoms with E-state index in [9.17, 15) is 10.1 Å². The number of ether oxygens (including phenoxy) is 4. The Bertz CT molecular complexity index is 1240. The summed E-state index contributed by atoms with van der Waals surface area (Å²) in [6.45, 7) is 4.74. The quantitative estimate of drug-likeness (QED) is 0.190. The Morgan fingerprint density at radius 2 is 1.82 bits per heavy atom. The number of nitriles is 1. The van der Waals surface area contributed by atoms with Crippen molar-refractivity contribution in [3.05, 3.63) is 53.7 Å². The minimum absolute atomic E-state index is 0.0838. The van der Waals surface area contributed by atoms with Gasteiger partial charge in [-0.2, -0.15) is 5.26 Å². The van der Waals surface area contributed by atoms with Gasteiger partial charge in [0.25, 0.3) is 0 Å². The van der Waals surface area contributed by atoms with Crippen molar-refractivity contribution >= 4 is 28.9 Å². The number of pyridine rings is 1. The van der Waals surface area contributed by atoms with Crippen LogP contribution in [0.25, 0.3) is 10.9 Å². The molecule has 0 saturated heterocycles. The number of esters is 1. The van der Waals surface area contributed by atoms with Crippen molar-refractivity contribution in [2.45, 2.75) is 13.8 Å². The van der Waals surface area contributed by atoms with Crippen molar-refractivity contribution in [1.29, 1.82) is 5.26 Å². The average molecular weight is 463 g/mol. The Kier molecular flexibility index (Phi) is 8.24. The number of benzene rings is 2. The smallest absolute Gasteiger partial charge is 0.340 e. The Balaban J connectivity index is 1.86. The number of aromatic nitrogens is 1. The van der Waals surface area contributed by atoms with Gasteiger partial charge in [-0.1, -0.05) is 12.1 Å². The van der Waals surface area contributed by atoms with Crippen LogP contribution in [0, 0.1) is 11.3 Å². The van der Waals surface area contributed by atoms with E-state index in [1.807, 2.05) is 32.0 Å². The third-order valence-corrected chi connectivity index (χ3v) is 4.73. The molecule has 3 rings (SSSR count). The summed E-state index contributed by atoms with van der Waals surface area (Å²) < 4.78 is 22.1. The molecule has 2 aromatic carbocycles. The van der Waals surface area contributed by atoms with E-state index < -0.39 is 5.97 Å². The molecule has 3 aromatic rings. The van der Waals surface area contributed by atoms with E-state index in [1.54, 1.807) is 30.1 Å². The molecule has 0 aliphatic carbocycles. The maximum Gasteiger partial charge on any atom is 0.340 e. The summed E-state index contributed by atoms with van der Waals surface area (Å²) in [6, 6.07) is 12.7. The van der Waals surface area contributed by atoms with Crippen LogP contribution in [0.15, 0.2) is 47.6 Å². The van der Waals surface area contributed by atoms with Crippen molar-refractivity contribution in [2.75, 3.05) is 34.1 Å². The molecule has 176 valence electrons. The molecule has 1 aromatic heterocycles. The molecule has 0 aliphatic rings. The monoisotopic (exact) mass is 462 g/mol. The van der Waals surface area contributed by atoms with Crippen LogP contribution in [-0.2, 0) is 4.74 Å². The van der Waals surface area contributed by atoms with E-state index >= 15 is 0 Å². The topological polar surface area (TPSA) is 106 Å². The number of nitrogens with zero attached hydrogens (tertiary/aromatic N) is 4. The molecule has 1 heterocycles. The van der Waals surface area contributed by atoms with E-state index in [0.29, 0.717) is 52.6 Å². The maximum atomic E-state index is 12.2. The summed E-state index contributed by atoms with van der Waals surface area (Å²) in [5.41, 5.74) is 1.56. The first-order valence-electron chi connectivity index (χ1n) is 10.7. The Morgan fingerprint density at radius 3 is 2.53 bits per heavy atom. The van der Waals surface area contributed by atoms with E-state index in [-0.39, 0.29) is 12.3 Å². The highest BCUT2D eigenvalue weighted by Crippen LogP contribution is 2.34. The molecule has 0 saturated carbocycles. The second-order valence-corrected chi connectivity index (χ2v) is 7.05. The van der Waals surface area contributed by atoms with Crippen molar-refractivity contribution in [2.24, 2.45) is 4.99 Å². The first-order valence-corrected chi connectivity index (χ1v) is 10.7. The Hall–Kier alpha value is -4.32. The van der Waals surface area contributed by atoms with Crippen molar-refractivity contribution < 1.29 is 23.7 Å². The first kappa shape index (κ1) is 24.3. The Labute approximate surface area is 198 Å². The lowest BCUT2D eigenvalue weighted by Crippen LogP contribution is -2.22. The van der Waals surface area contributed by atoms with Gasteiger partial charge in [0.05, 0.1) is 32.2 Å². The maximum absolute atomic E-state index is 12.2. The lowest BCUT2D eigenvalue weighted by molar-refractivity contribution is 0.0601. The molecule has 0 spiro atoms. The molecule has 0 bridgehead atoms. The van der Waals surface area contributed by atoms with Crippen LogP contribution >= 0.6 is 0 Å². The van der Waals surface area contributed by atoms with Gasteiger partial charge in [-0.25, -0.2) is 9.79 Å². The molecule has 0 N–H and O–H groups in total.